The smallest absolute Gasteiger partial charge is 0.254 e. The van der Waals surface area contributed by atoms with Gasteiger partial charge in [-0.25, -0.2) is 4.98 Å². The highest BCUT2D eigenvalue weighted by molar-refractivity contribution is 7.13. The van der Waals surface area contributed by atoms with E-state index in [0.29, 0.717) is 41.5 Å². The van der Waals surface area contributed by atoms with Crippen LogP contribution in [0.4, 0.5) is 5.82 Å². The summed E-state index contributed by atoms with van der Waals surface area (Å²) in [4.78, 5) is 37.1. The molecule has 314 valence electrons. The molecule has 60 heavy (non-hydrogen) atoms. The standard InChI is InChI=1S/C43H50N10O6S/c1-24(2)38(43(57)52-22-30(54)19-34(52)42(56)46-25(3)27-9-11-28(12-10-27)40-26(4)45-23-60-40)36-21-37(50-59-36)58-18-17-51-15-13-29(14-16-51)53-33-20-32(31-7-5-6-8-35(31)55)47-48-39(33)41(44)49-53/h5-12,20-21,23-25,29-30,34,38,54-55H,13-19,22H2,1-4H3,(H2,44,49)(H,46,56)/t25-,30+,34-,38-/m0/s1. The van der Waals surface area contributed by atoms with Gasteiger partial charge < -0.3 is 35.4 Å². The van der Waals surface area contributed by atoms with Crippen LogP contribution in [0.2, 0.25) is 0 Å². The number of phenolic OH excluding ortho intramolecular Hbond substituents is 1. The van der Waals surface area contributed by atoms with E-state index in [4.69, 9.17) is 15.0 Å². The zero-order chi connectivity index (χ0) is 42.1. The number of carbonyl (C=O) groups is 2. The van der Waals surface area contributed by atoms with Crippen molar-refractivity contribution in [3.63, 3.8) is 0 Å². The van der Waals surface area contributed by atoms with Gasteiger partial charge in [-0.2, -0.15) is 5.10 Å². The van der Waals surface area contributed by atoms with Gasteiger partial charge in [0.15, 0.2) is 17.1 Å². The van der Waals surface area contributed by atoms with Crippen LogP contribution in [0.5, 0.6) is 11.6 Å². The molecule has 8 rings (SSSR count). The normalized spacial score (nSPS) is 18.6. The number of piperidine rings is 1. The summed E-state index contributed by atoms with van der Waals surface area (Å²) in [6.45, 7) is 10.4. The Hall–Kier alpha value is -5.91. The zero-order valence-corrected chi connectivity index (χ0v) is 34.9. The van der Waals surface area contributed by atoms with Gasteiger partial charge in [0.25, 0.3) is 5.88 Å². The van der Waals surface area contributed by atoms with Crippen molar-refractivity contribution in [3.8, 4) is 33.3 Å². The lowest BCUT2D eigenvalue weighted by Crippen LogP contribution is -2.48. The number of aromatic nitrogens is 6. The monoisotopic (exact) mass is 834 g/mol. The number of rotatable bonds is 13. The maximum atomic E-state index is 14.2. The highest BCUT2D eigenvalue weighted by Crippen LogP contribution is 2.35. The number of likely N-dealkylation sites (tertiary alicyclic amines) is 2. The summed E-state index contributed by atoms with van der Waals surface area (Å²) in [6.07, 6.45) is 0.979. The SMILES string of the molecule is Cc1ncsc1-c1ccc([C@H](C)NC(=O)[C@@H]2C[C@@H](O)CN2C(=O)[C@H](c2cc(OCCN3CCC(n4nc(N)c5nnc(-c6ccccc6O)cc54)CC3)no2)C(C)C)cc1. The van der Waals surface area contributed by atoms with Gasteiger partial charge in [-0.05, 0) is 67.1 Å². The first-order valence-corrected chi connectivity index (χ1v) is 21.2. The Bertz CT molecular complexity index is 2460. The molecule has 6 heterocycles. The molecule has 6 aromatic rings. The van der Waals surface area contributed by atoms with Crippen LogP contribution in [0.3, 0.4) is 0 Å². The van der Waals surface area contributed by atoms with Crippen LogP contribution in [-0.4, -0.2) is 107 Å². The summed E-state index contributed by atoms with van der Waals surface area (Å²) < 4.78 is 13.6. The molecule has 0 aliphatic carbocycles. The van der Waals surface area contributed by atoms with Gasteiger partial charge in [-0.1, -0.05) is 50.2 Å². The Morgan fingerprint density at radius 2 is 1.83 bits per heavy atom. The summed E-state index contributed by atoms with van der Waals surface area (Å²) >= 11 is 1.59. The molecule has 0 unspecified atom stereocenters. The molecule has 2 saturated heterocycles. The molecule has 2 aromatic carbocycles. The quantitative estimate of drug-likeness (QED) is 0.114. The van der Waals surface area contributed by atoms with Crippen LogP contribution in [0.1, 0.15) is 75.1 Å². The van der Waals surface area contributed by atoms with Crippen molar-refractivity contribution in [2.24, 2.45) is 5.92 Å². The van der Waals surface area contributed by atoms with E-state index >= 15 is 0 Å². The number of hydrogen-bond acceptors (Lipinski definition) is 14. The summed E-state index contributed by atoms with van der Waals surface area (Å²) in [6, 6.07) is 17.5. The number of anilines is 1. The van der Waals surface area contributed by atoms with Crippen molar-refractivity contribution >= 4 is 40.0 Å². The molecule has 0 radical (unpaired) electrons. The molecular weight excluding hydrogens is 785 g/mol. The van der Waals surface area contributed by atoms with Gasteiger partial charge in [-0.15, -0.1) is 21.5 Å². The lowest BCUT2D eigenvalue weighted by molar-refractivity contribution is -0.141. The van der Waals surface area contributed by atoms with E-state index in [9.17, 15) is 19.8 Å². The van der Waals surface area contributed by atoms with Crippen LogP contribution in [0.25, 0.3) is 32.7 Å². The number of fused-ring (bicyclic) bond motifs is 1. The van der Waals surface area contributed by atoms with Gasteiger partial charge in [0.1, 0.15) is 24.3 Å². The molecule has 17 heteroatoms. The summed E-state index contributed by atoms with van der Waals surface area (Å²) in [5.74, 6) is -0.485. The number of aliphatic hydroxyl groups is 1. The van der Waals surface area contributed by atoms with Gasteiger partial charge >= 0.3 is 0 Å². The molecule has 0 bridgehead atoms. The Morgan fingerprint density at radius 1 is 1.07 bits per heavy atom. The maximum absolute atomic E-state index is 14.2. The molecule has 0 saturated carbocycles. The molecule has 4 aromatic heterocycles. The lowest BCUT2D eigenvalue weighted by atomic mass is 9.91. The first kappa shape index (κ1) is 40.9. The predicted octanol–water partition coefficient (Wildman–Crippen LogP) is 5.50. The Balaban J connectivity index is 0.849. The summed E-state index contributed by atoms with van der Waals surface area (Å²) in [5, 5.41) is 41.5. The van der Waals surface area contributed by atoms with Crippen molar-refractivity contribution < 1.29 is 29.1 Å². The number of hydrogen-bond donors (Lipinski definition) is 4. The molecular formula is C43H50N10O6S. The van der Waals surface area contributed by atoms with Crippen molar-refractivity contribution in [1.29, 1.82) is 0 Å². The van der Waals surface area contributed by atoms with E-state index in [2.05, 4.69) is 35.7 Å². The molecule has 2 amide bonds. The average Bonchev–Trinajstić information content (AvgIpc) is 4.05. The number of benzene rings is 2. The minimum Gasteiger partial charge on any atom is -0.507 e. The van der Waals surface area contributed by atoms with Crippen molar-refractivity contribution in [3.05, 3.63) is 83.2 Å². The number of β-amino-alcohol motifs (C(OH)–C–C–N with tert-alkyl or cyclic N) is 1. The number of para-hydroxylation sites is 1. The minimum atomic E-state index is -0.836. The van der Waals surface area contributed by atoms with Gasteiger partial charge in [0, 0.05) is 44.2 Å². The second kappa shape index (κ2) is 17.4. The van der Waals surface area contributed by atoms with Crippen LogP contribution >= 0.6 is 11.3 Å². The third kappa shape index (κ3) is 8.42. The van der Waals surface area contributed by atoms with Gasteiger partial charge in [0.2, 0.25) is 11.8 Å². The lowest BCUT2D eigenvalue weighted by Gasteiger charge is -2.32. The van der Waals surface area contributed by atoms with E-state index in [1.165, 1.54) is 4.90 Å². The molecule has 2 aliphatic rings. The summed E-state index contributed by atoms with van der Waals surface area (Å²) in [7, 11) is 0. The number of ether oxygens (including phenoxy) is 1. The summed E-state index contributed by atoms with van der Waals surface area (Å²) in [5.41, 5.74) is 13.5. The number of thiazole rings is 1. The number of nitrogens with one attached hydrogen (secondary N) is 1. The van der Waals surface area contributed by atoms with Crippen LogP contribution in [-0.2, 0) is 9.59 Å². The maximum Gasteiger partial charge on any atom is 0.254 e. The number of aliphatic hydroxyl groups excluding tert-OH is 1. The van der Waals surface area contributed by atoms with Gasteiger partial charge in [-0.3, -0.25) is 19.2 Å². The fourth-order valence-electron chi connectivity index (χ4n) is 8.32. The highest BCUT2D eigenvalue weighted by atomic mass is 32.1. The van der Waals surface area contributed by atoms with E-state index in [-0.39, 0.29) is 54.4 Å². The second-order valence-corrected chi connectivity index (χ2v) is 16.9. The van der Waals surface area contributed by atoms with Crippen molar-refractivity contribution in [2.75, 3.05) is 38.5 Å². The van der Waals surface area contributed by atoms with E-state index in [1.54, 1.807) is 35.6 Å². The van der Waals surface area contributed by atoms with E-state index in [0.717, 1.165) is 53.1 Å². The predicted molar refractivity (Wildman–Crippen MR) is 226 cm³/mol. The van der Waals surface area contributed by atoms with E-state index in [1.807, 2.05) is 74.3 Å². The molecule has 4 atom stereocenters. The minimum absolute atomic E-state index is 0.0446. The van der Waals surface area contributed by atoms with Crippen molar-refractivity contribution in [1.82, 2.24) is 45.2 Å². The van der Waals surface area contributed by atoms with Crippen LogP contribution < -0.4 is 15.8 Å². The Morgan fingerprint density at radius 3 is 2.55 bits per heavy atom. The van der Waals surface area contributed by atoms with E-state index < -0.39 is 18.1 Å². The van der Waals surface area contributed by atoms with Gasteiger partial charge in [0.05, 0.1) is 45.5 Å². The number of amides is 2. The first-order valence-electron chi connectivity index (χ1n) is 20.4. The third-order valence-electron chi connectivity index (χ3n) is 11.6. The molecule has 2 fully saturated rings. The number of carbonyl (C=O) groups excluding carboxylic acids is 2. The number of aryl methyl sites for hydroxylation is 1. The average molecular weight is 835 g/mol. The fourth-order valence-corrected chi connectivity index (χ4v) is 9.14. The first-order chi connectivity index (χ1) is 28.9. The number of nitrogen functional groups attached to an aromatic ring is 1. The third-order valence-corrected chi connectivity index (χ3v) is 12.6. The topological polar surface area (TPSA) is 211 Å². The highest BCUT2D eigenvalue weighted by Gasteiger charge is 2.43. The number of aromatic hydroxyl groups is 1. The molecule has 0 spiro atoms. The fraction of sp³-hybridized carbons (Fsp3) is 0.419. The zero-order valence-electron chi connectivity index (χ0n) is 34.1. The number of nitrogens with zero attached hydrogens (tertiary/aromatic N) is 8. The molecule has 2 aliphatic heterocycles. The van der Waals surface area contributed by atoms with Crippen LogP contribution in [0, 0.1) is 12.8 Å². The second-order valence-electron chi connectivity index (χ2n) is 16.0. The number of nitrogens with two attached hydrogens (primary N) is 1. The number of phenols is 1. The Labute approximate surface area is 351 Å². The largest absolute Gasteiger partial charge is 0.507 e. The Kier molecular flexibility index (Phi) is 11.8. The van der Waals surface area contributed by atoms with Crippen LogP contribution in [0.15, 0.2) is 70.7 Å². The molecule has 16 nitrogen and oxygen atoms in total. The van der Waals surface area contributed by atoms with Crippen molar-refractivity contribution in [2.45, 2.75) is 77.1 Å². The molecule has 5 N–H and O–H groups in total.